The number of carbonyl (C=O) groups is 4. The first-order valence-corrected chi connectivity index (χ1v) is 9.92. The van der Waals surface area contributed by atoms with Gasteiger partial charge in [-0.3, -0.25) is 19.2 Å². The third kappa shape index (κ3) is 8.01. The molecule has 0 saturated carbocycles. The van der Waals surface area contributed by atoms with Crippen molar-refractivity contribution in [3.8, 4) is 0 Å². The highest BCUT2D eigenvalue weighted by atomic mass is 32.1. The second-order valence-corrected chi connectivity index (χ2v) is 7.20. The summed E-state index contributed by atoms with van der Waals surface area (Å²) in [7, 11) is 0. The lowest BCUT2D eigenvalue weighted by Crippen LogP contribution is -2.60. The predicted molar refractivity (Wildman–Crippen MR) is 113 cm³/mol. The Morgan fingerprint density at radius 1 is 1.00 bits per heavy atom. The number of aliphatic hydroxyl groups is 1. The molecule has 1 rings (SSSR count). The second kappa shape index (κ2) is 12.2. The van der Waals surface area contributed by atoms with E-state index in [1.165, 1.54) is 13.8 Å². The Bertz CT molecular complexity index is 746. The van der Waals surface area contributed by atoms with Gasteiger partial charge < -0.3 is 31.9 Å². The lowest BCUT2D eigenvalue weighted by molar-refractivity contribution is -0.142. The number of nitrogens with two attached hydrogens (primary N) is 1. The van der Waals surface area contributed by atoms with Gasteiger partial charge in [0, 0.05) is 5.75 Å². The molecular formula is C19H28N4O6S. The summed E-state index contributed by atoms with van der Waals surface area (Å²) >= 11 is 4.05. The fraction of sp³-hybridized carbons (Fsp3) is 0.474. The Morgan fingerprint density at radius 3 is 2.10 bits per heavy atom. The zero-order valence-electron chi connectivity index (χ0n) is 16.7. The Kier molecular flexibility index (Phi) is 10.3. The number of hydrogen-bond acceptors (Lipinski definition) is 7. The monoisotopic (exact) mass is 440 g/mol. The first-order valence-electron chi connectivity index (χ1n) is 9.29. The number of thiol groups is 1. The molecule has 0 aromatic heterocycles. The van der Waals surface area contributed by atoms with E-state index in [4.69, 9.17) is 10.8 Å². The maximum absolute atomic E-state index is 12.5. The summed E-state index contributed by atoms with van der Waals surface area (Å²) in [5.41, 5.74) is 6.76. The van der Waals surface area contributed by atoms with Gasteiger partial charge >= 0.3 is 5.97 Å². The molecule has 0 radical (unpaired) electrons. The molecule has 5 atom stereocenters. The highest BCUT2D eigenvalue weighted by molar-refractivity contribution is 7.80. The van der Waals surface area contributed by atoms with Crippen LogP contribution in [0.2, 0.25) is 0 Å². The van der Waals surface area contributed by atoms with E-state index in [2.05, 4.69) is 28.6 Å². The maximum Gasteiger partial charge on any atom is 0.325 e. The Balaban J connectivity index is 2.73. The fourth-order valence-electron chi connectivity index (χ4n) is 2.46. The number of benzene rings is 1. The fourth-order valence-corrected chi connectivity index (χ4v) is 2.71. The molecule has 0 spiro atoms. The topological polar surface area (TPSA) is 171 Å². The van der Waals surface area contributed by atoms with Crippen LogP contribution in [0.3, 0.4) is 0 Å². The van der Waals surface area contributed by atoms with Crippen molar-refractivity contribution in [3.05, 3.63) is 35.9 Å². The predicted octanol–water partition coefficient (Wildman–Crippen LogP) is -1.57. The lowest BCUT2D eigenvalue weighted by Gasteiger charge is -2.25. The maximum atomic E-state index is 12.5. The van der Waals surface area contributed by atoms with Gasteiger partial charge in [-0.25, -0.2) is 0 Å². The molecule has 3 amide bonds. The van der Waals surface area contributed by atoms with Gasteiger partial charge in [-0.1, -0.05) is 30.3 Å². The van der Waals surface area contributed by atoms with Gasteiger partial charge in [0.1, 0.15) is 18.1 Å². The molecule has 1 aromatic carbocycles. The van der Waals surface area contributed by atoms with Crippen LogP contribution in [-0.2, 0) is 25.6 Å². The standard InChI is InChI=1S/C19H28N4O6S/c1-10(19(28)29)21-18(27)15(11(2)24)23-17(26)14(9-30)22-16(25)13(20)8-12-6-4-3-5-7-12/h3-7,10-11,13-15,24,30H,8-9,20H2,1-2H3,(H,21,27)(H,22,25)(H,23,26)(H,28,29). The average Bonchev–Trinajstić information content (AvgIpc) is 2.69. The van der Waals surface area contributed by atoms with E-state index in [0.29, 0.717) is 0 Å². The summed E-state index contributed by atoms with van der Waals surface area (Å²) in [6.45, 7) is 2.51. The minimum absolute atomic E-state index is 0.0880. The van der Waals surface area contributed by atoms with Crippen LogP contribution >= 0.6 is 12.6 Å². The van der Waals surface area contributed by atoms with Crippen LogP contribution in [0, 0.1) is 0 Å². The molecule has 0 heterocycles. The first-order chi connectivity index (χ1) is 14.1. The normalized spacial score (nSPS) is 15.8. The van der Waals surface area contributed by atoms with Crippen molar-refractivity contribution >= 4 is 36.3 Å². The third-order valence-corrected chi connectivity index (χ3v) is 4.61. The first kappa shape index (κ1) is 25.4. The van der Waals surface area contributed by atoms with Gasteiger partial charge in [-0.15, -0.1) is 0 Å². The summed E-state index contributed by atoms with van der Waals surface area (Å²) in [6.07, 6.45) is -1.05. The van der Waals surface area contributed by atoms with Crippen LogP contribution < -0.4 is 21.7 Å². The summed E-state index contributed by atoms with van der Waals surface area (Å²) in [4.78, 5) is 47.9. The van der Waals surface area contributed by atoms with E-state index in [1.54, 1.807) is 0 Å². The van der Waals surface area contributed by atoms with Crippen LogP contribution in [0.25, 0.3) is 0 Å². The van der Waals surface area contributed by atoms with Crippen LogP contribution in [-0.4, -0.2) is 69.9 Å². The smallest absolute Gasteiger partial charge is 0.325 e. The van der Waals surface area contributed by atoms with E-state index >= 15 is 0 Å². The number of nitrogens with one attached hydrogen (secondary N) is 3. The van der Waals surface area contributed by atoms with Gasteiger partial charge in [0.05, 0.1) is 12.1 Å². The molecule has 1 aromatic rings. The van der Waals surface area contributed by atoms with Crippen LogP contribution in [0.15, 0.2) is 30.3 Å². The number of carboxylic acid groups (broad SMARTS) is 1. The number of amides is 3. The average molecular weight is 441 g/mol. The van der Waals surface area contributed by atoms with E-state index in [0.717, 1.165) is 5.56 Å². The molecule has 10 nitrogen and oxygen atoms in total. The van der Waals surface area contributed by atoms with E-state index < -0.39 is 54.0 Å². The zero-order valence-corrected chi connectivity index (χ0v) is 17.6. The molecule has 11 heteroatoms. The Hall–Kier alpha value is -2.63. The molecule has 5 unspecified atom stereocenters. The quantitative estimate of drug-likeness (QED) is 0.204. The van der Waals surface area contributed by atoms with Crippen molar-refractivity contribution in [1.82, 2.24) is 16.0 Å². The van der Waals surface area contributed by atoms with Crippen molar-refractivity contribution in [2.24, 2.45) is 5.73 Å². The molecule has 0 fully saturated rings. The summed E-state index contributed by atoms with van der Waals surface area (Å²) in [6, 6.07) is 4.45. The summed E-state index contributed by atoms with van der Waals surface area (Å²) in [5, 5.41) is 25.7. The molecule has 7 N–H and O–H groups in total. The minimum atomic E-state index is -1.42. The molecule has 0 saturated heterocycles. The minimum Gasteiger partial charge on any atom is -0.480 e. The molecule has 166 valence electrons. The van der Waals surface area contributed by atoms with Gasteiger partial charge in [-0.05, 0) is 25.8 Å². The van der Waals surface area contributed by atoms with Gasteiger partial charge in [0.25, 0.3) is 0 Å². The Morgan fingerprint density at radius 2 is 1.60 bits per heavy atom. The van der Waals surface area contributed by atoms with Crippen molar-refractivity contribution < 1.29 is 29.4 Å². The van der Waals surface area contributed by atoms with Crippen LogP contribution in [0.5, 0.6) is 0 Å². The van der Waals surface area contributed by atoms with Gasteiger partial charge in [-0.2, -0.15) is 12.6 Å². The number of rotatable bonds is 11. The van der Waals surface area contributed by atoms with Crippen LogP contribution in [0.1, 0.15) is 19.4 Å². The Labute approximate surface area is 180 Å². The van der Waals surface area contributed by atoms with Crippen molar-refractivity contribution in [3.63, 3.8) is 0 Å². The number of hydrogen-bond donors (Lipinski definition) is 7. The van der Waals surface area contributed by atoms with E-state index in [-0.39, 0.29) is 12.2 Å². The number of aliphatic hydroxyl groups excluding tert-OH is 1. The van der Waals surface area contributed by atoms with Gasteiger partial charge in [0.2, 0.25) is 17.7 Å². The number of carboxylic acids is 1. The highest BCUT2D eigenvalue weighted by Crippen LogP contribution is 2.03. The highest BCUT2D eigenvalue weighted by Gasteiger charge is 2.31. The summed E-state index contributed by atoms with van der Waals surface area (Å²) < 4.78 is 0. The van der Waals surface area contributed by atoms with E-state index in [9.17, 15) is 24.3 Å². The van der Waals surface area contributed by atoms with Gasteiger partial charge in [0.15, 0.2) is 0 Å². The second-order valence-electron chi connectivity index (χ2n) is 6.84. The molecule has 0 bridgehead atoms. The largest absolute Gasteiger partial charge is 0.480 e. The molecule has 0 aliphatic rings. The molecule has 30 heavy (non-hydrogen) atoms. The summed E-state index contributed by atoms with van der Waals surface area (Å²) in [5.74, 6) is -3.58. The van der Waals surface area contributed by atoms with Crippen molar-refractivity contribution in [2.75, 3.05) is 5.75 Å². The molecule has 0 aliphatic heterocycles. The molecule has 0 aliphatic carbocycles. The van der Waals surface area contributed by atoms with Crippen molar-refractivity contribution in [2.45, 2.75) is 50.5 Å². The third-order valence-electron chi connectivity index (χ3n) is 4.24. The van der Waals surface area contributed by atoms with E-state index in [1.807, 2.05) is 30.3 Å². The van der Waals surface area contributed by atoms with Crippen LogP contribution in [0.4, 0.5) is 0 Å². The zero-order chi connectivity index (χ0) is 22.8. The number of aliphatic carboxylic acids is 1. The van der Waals surface area contributed by atoms with Crippen molar-refractivity contribution in [1.29, 1.82) is 0 Å². The SMILES string of the molecule is CC(NC(=O)C(NC(=O)C(CS)NC(=O)C(N)Cc1ccccc1)C(C)O)C(=O)O. The lowest BCUT2D eigenvalue weighted by atomic mass is 10.1. The molecular weight excluding hydrogens is 412 g/mol. The number of carbonyl (C=O) groups excluding carboxylic acids is 3.